The lowest BCUT2D eigenvalue weighted by molar-refractivity contribution is 0.0953. The lowest BCUT2D eigenvalue weighted by Crippen LogP contribution is -2.37. The van der Waals surface area contributed by atoms with E-state index in [9.17, 15) is 9.18 Å². The first kappa shape index (κ1) is 20.4. The molecule has 0 unspecified atom stereocenters. The third kappa shape index (κ3) is 6.73. The molecule has 144 valence electrons. The zero-order valence-electron chi connectivity index (χ0n) is 15.9. The van der Waals surface area contributed by atoms with E-state index in [0.29, 0.717) is 43.3 Å². The van der Waals surface area contributed by atoms with Crippen molar-refractivity contribution < 1.29 is 9.18 Å². The van der Waals surface area contributed by atoms with Crippen molar-refractivity contribution in [3.8, 4) is 0 Å². The molecule has 3 N–H and O–H groups in total. The average molecular weight is 370 g/mol. The highest BCUT2D eigenvalue weighted by Gasteiger charge is 2.06. The highest BCUT2D eigenvalue weighted by molar-refractivity contribution is 5.94. The van der Waals surface area contributed by atoms with Crippen LogP contribution >= 0.6 is 0 Å². The van der Waals surface area contributed by atoms with Crippen LogP contribution in [0.25, 0.3) is 0 Å². The van der Waals surface area contributed by atoms with Gasteiger partial charge < -0.3 is 16.0 Å². The van der Waals surface area contributed by atoms with Crippen LogP contribution in [0.5, 0.6) is 0 Å². The normalized spacial score (nSPS) is 11.1. The minimum Gasteiger partial charge on any atom is -0.357 e. The highest BCUT2D eigenvalue weighted by Crippen LogP contribution is 2.08. The topological polar surface area (TPSA) is 65.5 Å². The Morgan fingerprint density at radius 3 is 2.59 bits per heavy atom. The van der Waals surface area contributed by atoms with Crippen LogP contribution in [0.15, 0.2) is 53.5 Å². The molecule has 5 nitrogen and oxygen atoms in total. The molecule has 0 aliphatic carbocycles. The van der Waals surface area contributed by atoms with Crippen molar-refractivity contribution in [1.29, 1.82) is 0 Å². The predicted molar refractivity (Wildman–Crippen MR) is 107 cm³/mol. The van der Waals surface area contributed by atoms with Gasteiger partial charge in [-0.1, -0.05) is 37.3 Å². The third-order valence-electron chi connectivity index (χ3n) is 3.89. The summed E-state index contributed by atoms with van der Waals surface area (Å²) in [7, 11) is 0. The van der Waals surface area contributed by atoms with E-state index in [0.717, 1.165) is 12.0 Å². The average Bonchev–Trinajstić information content (AvgIpc) is 2.69. The van der Waals surface area contributed by atoms with Crippen molar-refractivity contribution in [2.24, 2.45) is 4.99 Å². The molecule has 6 heteroatoms. The summed E-state index contributed by atoms with van der Waals surface area (Å²) in [6.45, 7) is 6.11. The molecule has 0 saturated heterocycles. The molecule has 27 heavy (non-hydrogen) atoms. The van der Waals surface area contributed by atoms with Gasteiger partial charge in [0.2, 0.25) is 0 Å². The second-order valence-corrected chi connectivity index (χ2v) is 6.10. The summed E-state index contributed by atoms with van der Waals surface area (Å²) in [5, 5.41) is 9.15. The largest absolute Gasteiger partial charge is 0.357 e. The third-order valence-corrected chi connectivity index (χ3v) is 3.89. The zero-order chi connectivity index (χ0) is 19.5. The Balaban J connectivity index is 2.01. The second kappa shape index (κ2) is 11.0. The molecule has 2 aromatic rings. The molecule has 0 fully saturated rings. The number of aliphatic imine (C=N–C) groups is 1. The molecule has 2 aromatic carbocycles. The van der Waals surface area contributed by atoms with Crippen LogP contribution in [0.1, 0.15) is 41.8 Å². The monoisotopic (exact) mass is 370 g/mol. The molecule has 0 aliphatic heterocycles. The van der Waals surface area contributed by atoms with E-state index in [2.05, 4.69) is 20.9 Å². The Bertz CT molecular complexity index is 776. The Morgan fingerprint density at radius 2 is 1.85 bits per heavy atom. The number of amides is 1. The molecule has 0 heterocycles. The van der Waals surface area contributed by atoms with Gasteiger partial charge in [-0.3, -0.25) is 4.79 Å². The number of hydrogen-bond donors (Lipinski definition) is 3. The first-order valence-corrected chi connectivity index (χ1v) is 9.26. The van der Waals surface area contributed by atoms with Crippen molar-refractivity contribution in [3.05, 3.63) is 71.0 Å². The van der Waals surface area contributed by atoms with Gasteiger partial charge in [0.05, 0.1) is 6.54 Å². The Labute approximate surface area is 160 Å². The van der Waals surface area contributed by atoms with E-state index in [4.69, 9.17) is 0 Å². The maximum atomic E-state index is 13.7. The summed E-state index contributed by atoms with van der Waals surface area (Å²) in [6, 6.07) is 14.1. The van der Waals surface area contributed by atoms with Gasteiger partial charge in [0.1, 0.15) is 5.82 Å². The van der Waals surface area contributed by atoms with Crippen LogP contribution in [0, 0.1) is 5.82 Å². The fraction of sp³-hybridized carbons (Fsp3) is 0.333. The summed E-state index contributed by atoms with van der Waals surface area (Å²) in [5.41, 5.74) is 2.14. The van der Waals surface area contributed by atoms with E-state index >= 15 is 0 Å². The summed E-state index contributed by atoms with van der Waals surface area (Å²) < 4.78 is 13.7. The first-order valence-electron chi connectivity index (χ1n) is 9.26. The molecular weight excluding hydrogens is 343 g/mol. The van der Waals surface area contributed by atoms with Gasteiger partial charge >= 0.3 is 0 Å². The van der Waals surface area contributed by atoms with E-state index in [1.165, 1.54) is 6.07 Å². The number of halogens is 1. The molecule has 0 saturated carbocycles. The Morgan fingerprint density at radius 1 is 1.04 bits per heavy atom. The second-order valence-electron chi connectivity index (χ2n) is 6.10. The number of carbonyl (C=O) groups is 1. The number of guanidine groups is 1. The van der Waals surface area contributed by atoms with Gasteiger partial charge in [-0.05, 0) is 37.1 Å². The number of hydrogen-bond acceptors (Lipinski definition) is 2. The quantitative estimate of drug-likeness (QED) is 0.494. The van der Waals surface area contributed by atoms with Crippen molar-refractivity contribution in [3.63, 3.8) is 0 Å². The molecule has 2 rings (SSSR count). The fourth-order valence-electron chi connectivity index (χ4n) is 2.48. The molecule has 0 spiro atoms. The van der Waals surface area contributed by atoms with Gasteiger partial charge in [0, 0.05) is 30.8 Å². The van der Waals surface area contributed by atoms with Crippen LogP contribution in [-0.4, -0.2) is 25.0 Å². The Hall–Kier alpha value is -2.89. The number of benzene rings is 2. The van der Waals surface area contributed by atoms with E-state index < -0.39 is 0 Å². The van der Waals surface area contributed by atoms with Gasteiger partial charge in [-0.2, -0.15) is 0 Å². The van der Waals surface area contributed by atoms with E-state index in [1.54, 1.807) is 24.3 Å². The standard InChI is InChI=1S/C21H27FN4O/c1-3-12-24-20(27)17-10-7-8-16(13-17)14-25-21(23-4-2)26-15-18-9-5-6-11-19(18)22/h5-11,13H,3-4,12,14-15H2,1-2H3,(H,24,27)(H2,23,25,26). The predicted octanol–water partition coefficient (Wildman–Crippen LogP) is 3.22. The maximum Gasteiger partial charge on any atom is 0.251 e. The SMILES string of the molecule is CCCNC(=O)c1cccc(CN=C(NCC)NCc2ccccc2F)c1. The fourth-order valence-corrected chi connectivity index (χ4v) is 2.48. The first-order chi connectivity index (χ1) is 13.1. The van der Waals surface area contributed by atoms with Crippen LogP contribution in [0.4, 0.5) is 4.39 Å². The lowest BCUT2D eigenvalue weighted by Gasteiger charge is -2.12. The summed E-state index contributed by atoms with van der Waals surface area (Å²) >= 11 is 0. The lowest BCUT2D eigenvalue weighted by atomic mass is 10.1. The zero-order valence-corrected chi connectivity index (χ0v) is 15.9. The molecule has 0 atom stereocenters. The van der Waals surface area contributed by atoms with Gasteiger partial charge in [-0.25, -0.2) is 9.38 Å². The molecule has 0 aromatic heterocycles. The van der Waals surface area contributed by atoms with Crippen molar-refractivity contribution in [2.75, 3.05) is 13.1 Å². The number of nitrogens with zero attached hydrogens (tertiary/aromatic N) is 1. The highest BCUT2D eigenvalue weighted by atomic mass is 19.1. The van der Waals surface area contributed by atoms with E-state index in [1.807, 2.05) is 32.0 Å². The molecule has 1 amide bonds. The summed E-state index contributed by atoms with van der Waals surface area (Å²) in [5.74, 6) is 0.278. The van der Waals surface area contributed by atoms with Crippen molar-refractivity contribution in [1.82, 2.24) is 16.0 Å². The summed E-state index contributed by atoms with van der Waals surface area (Å²) in [4.78, 5) is 16.6. The van der Waals surface area contributed by atoms with Gasteiger partial charge in [-0.15, -0.1) is 0 Å². The number of carbonyl (C=O) groups excluding carboxylic acids is 1. The van der Waals surface area contributed by atoms with Crippen LogP contribution in [-0.2, 0) is 13.1 Å². The van der Waals surface area contributed by atoms with Crippen LogP contribution in [0.2, 0.25) is 0 Å². The van der Waals surface area contributed by atoms with Crippen molar-refractivity contribution in [2.45, 2.75) is 33.4 Å². The molecule has 0 bridgehead atoms. The van der Waals surface area contributed by atoms with E-state index in [-0.39, 0.29) is 11.7 Å². The number of nitrogens with one attached hydrogen (secondary N) is 3. The van der Waals surface area contributed by atoms with Gasteiger partial charge in [0.25, 0.3) is 5.91 Å². The maximum absolute atomic E-state index is 13.7. The molecular formula is C21H27FN4O. The summed E-state index contributed by atoms with van der Waals surface area (Å²) in [6.07, 6.45) is 0.898. The van der Waals surface area contributed by atoms with Crippen molar-refractivity contribution >= 4 is 11.9 Å². The smallest absolute Gasteiger partial charge is 0.251 e. The van der Waals surface area contributed by atoms with Gasteiger partial charge in [0.15, 0.2) is 5.96 Å². The minimum absolute atomic E-state index is 0.0766. The molecule has 0 aliphatic rings. The number of rotatable bonds is 8. The van der Waals surface area contributed by atoms with Crippen LogP contribution in [0.3, 0.4) is 0 Å². The molecule has 0 radical (unpaired) electrons. The minimum atomic E-state index is -0.244. The Kier molecular flexibility index (Phi) is 8.29. The van der Waals surface area contributed by atoms with Crippen LogP contribution < -0.4 is 16.0 Å².